The number of hydrogen-bond acceptors (Lipinski definition) is 4. The minimum absolute atomic E-state index is 0.0192. The molecule has 0 rings (SSSR count). The molecule has 5 heteroatoms. The van der Waals surface area contributed by atoms with Crippen LogP contribution in [0.1, 0.15) is 6.92 Å². The Morgan fingerprint density at radius 2 is 2.31 bits per heavy atom. The highest BCUT2D eigenvalue weighted by Gasteiger charge is 1.92. The van der Waals surface area contributed by atoms with Crippen molar-refractivity contribution in [3.05, 3.63) is 0 Å². The first-order valence-electron chi connectivity index (χ1n) is 4.42. The molecule has 0 aromatic rings. The number of carbonyl (C=O) groups is 1. The number of carbonyl (C=O) groups excluding carboxylic acids is 1. The number of rotatable bonds is 9. The van der Waals surface area contributed by atoms with E-state index in [1.807, 2.05) is 11.8 Å². The molecule has 0 fully saturated rings. The first kappa shape index (κ1) is 12.7. The van der Waals surface area contributed by atoms with Crippen molar-refractivity contribution in [3.8, 4) is 0 Å². The number of nitrogens with one attached hydrogen (secondary N) is 1. The molecule has 13 heavy (non-hydrogen) atoms. The molecule has 0 atom stereocenters. The Kier molecular flexibility index (Phi) is 9.63. The molecule has 0 spiro atoms. The third kappa shape index (κ3) is 11.7. The number of thioether (sulfide) groups is 1. The molecule has 0 aromatic carbocycles. The van der Waals surface area contributed by atoms with E-state index in [2.05, 4.69) is 12.2 Å². The lowest BCUT2D eigenvalue weighted by molar-refractivity contribution is -0.122. The second-order valence-electron chi connectivity index (χ2n) is 2.47. The fourth-order valence-electron chi connectivity index (χ4n) is 0.731. The van der Waals surface area contributed by atoms with Gasteiger partial charge in [0, 0.05) is 18.8 Å². The van der Waals surface area contributed by atoms with Gasteiger partial charge in [0.15, 0.2) is 0 Å². The normalized spacial score (nSPS) is 10.2. The standard InChI is InChI=1S/C8H18N2O2S/c1-2-13-6-4-10-3-5-12-7-8(9)11/h10H,2-7H2,1H3,(H2,9,11). The van der Waals surface area contributed by atoms with Crippen LogP contribution in [-0.2, 0) is 9.53 Å². The second kappa shape index (κ2) is 9.83. The molecular weight excluding hydrogens is 188 g/mol. The molecule has 0 saturated carbocycles. The van der Waals surface area contributed by atoms with Crippen LogP contribution in [0.4, 0.5) is 0 Å². The zero-order chi connectivity index (χ0) is 9.94. The number of hydrogen-bond donors (Lipinski definition) is 2. The Labute approximate surface area is 83.6 Å². The van der Waals surface area contributed by atoms with Crippen molar-refractivity contribution in [1.29, 1.82) is 0 Å². The van der Waals surface area contributed by atoms with E-state index in [9.17, 15) is 4.79 Å². The van der Waals surface area contributed by atoms with E-state index < -0.39 is 5.91 Å². The van der Waals surface area contributed by atoms with Crippen molar-refractivity contribution in [2.24, 2.45) is 5.73 Å². The van der Waals surface area contributed by atoms with Gasteiger partial charge in [-0.25, -0.2) is 0 Å². The maximum Gasteiger partial charge on any atom is 0.243 e. The van der Waals surface area contributed by atoms with Gasteiger partial charge in [0.1, 0.15) is 6.61 Å². The van der Waals surface area contributed by atoms with Gasteiger partial charge in [0.05, 0.1) is 6.61 Å². The number of primary amides is 1. The average Bonchev–Trinajstić information content (AvgIpc) is 2.09. The number of amides is 1. The Bertz CT molecular complexity index is 133. The summed E-state index contributed by atoms with van der Waals surface area (Å²) in [6.07, 6.45) is 0. The lowest BCUT2D eigenvalue weighted by Crippen LogP contribution is -2.25. The maximum atomic E-state index is 10.2. The van der Waals surface area contributed by atoms with E-state index >= 15 is 0 Å². The van der Waals surface area contributed by atoms with Gasteiger partial charge in [-0.05, 0) is 5.75 Å². The highest BCUT2D eigenvalue weighted by molar-refractivity contribution is 7.99. The lowest BCUT2D eigenvalue weighted by Gasteiger charge is -2.03. The highest BCUT2D eigenvalue weighted by atomic mass is 32.2. The van der Waals surface area contributed by atoms with E-state index in [1.165, 1.54) is 0 Å². The third-order valence-electron chi connectivity index (χ3n) is 1.29. The molecule has 0 heterocycles. The van der Waals surface area contributed by atoms with Gasteiger partial charge in [0.2, 0.25) is 5.91 Å². The maximum absolute atomic E-state index is 10.2. The van der Waals surface area contributed by atoms with Crippen molar-refractivity contribution in [3.63, 3.8) is 0 Å². The quantitative estimate of drug-likeness (QED) is 0.514. The van der Waals surface area contributed by atoms with Crippen LogP contribution in [0.25, 0.3) is 0 Å². The summed E-state index contributed by atoms with van der Waals surface area (Å²) in [5, 5.41) is 3.20. The summed E-state index contributed by atoms with van der Waals surface area (Å²) in [7, 11) is 0. The van der Waals surface area contributed by atoms with E-state index in [1.54, 1.807) is 0 Å². The summed E-state index contributed by atoms with van der Waals surface area (Å²) in [6.45, 7) is 4.46. The van der Waals surface area contributed by atoms with Gasteiger partial charge < -0.3 is 15.8 Å². The summed E-state index contributed by atoms with van der Waals surface area (Å²) < 4.78 is 4.96. The van der Waals surface area contributed by atoms with Gasteiger partial charge >= 0.3 is 0 Å². The first-order chi connectivity index (χ1) is 6.27. The summed E-state index contributed by atoms with van der Waals surface area (Å²) in [6, 6.07) is 0. The summed E-state index contributed by atoms with van der Waals surface area (Å²) in [5.74, 6) is 1.85. The van der Waals surface area contributed by atoms with Crippen molar-refractivity contribution in [2.45, 2.75) is 6.92 Å². The molecule has 0 aliphatic heterocycles. The van der Waals surface area contributed by atoms with Crippen molar-refractivity contribution >= 4 is 17.7 Å². The zero-order valence-electron chi connectivity index (χ0n) is 8.04. The molecular formula is C8H18N2O2S. The molecule has 4 nitrogen and oxygen atoms in total. The first-order valence-corrected chi connectivity index (χ1v) is 5.57. The number of nitrogens with two attached hydrogens (primary N) is 1. The predicted octanol–water partition coefficient (Wildman–Crippen LogP) is -0.169. The predicted molar refractivity (Wildman–Crippen MR) is 55.9 cm³/mol. The van der Waals surface area contributed by atoms with Gasteiger partial charge in [0.25, 0.3) is 0 Å². The molecule has 0 aliphatic carbocycles. The van der Waals surface area contributed by atoms with Gasteiger partial charge in [-0.15, -0.1) is 0 Å². The van der Waals surface area contributed by atoms with Crippen molar-refractivity contribution in [2.75, 3.05) is 37.8 Å². The molecule has 0 radical (unpaired) electrons. The topological polar surface area (TPSA) is 64.3 Å². The van der Waals surface area contributed by atoms with Crippen LogP contribution in [-0.4, -0.2) is 43.7 Å². The highest BCUT2D eigenvalue weighted by Crippen LogP contribution is 1.94. The zero-order valence-corrected chi connectivity index (χ0v) is 8.86. The van der Waals surface area contributed by atoms with E-state index in [0.717, 1.165) is 24.6 Å². The van der Waals surface area contributed by atoms with Crippen molar-refractivity contribution < 1.29 is 9.53 Å². The minimum Gasteiger partial charge on any atom is -0.370 e. The molecule has 0 aliphatic rings. The number of ether oxygens (including phenoxy) is 1. The summed E-state index contributed by atoms with van der Waals surface area (Å²) in [4.78, 5) is 10.2. The Morgan fingerprint density at radius 1 is 1.54 bits per heavy atom. The van der Waals surface area contributed by atoms with Crippen LogP contribution in [0.3, 0.4) is 0 Å². The Hall–Kier alpha value is -0.260. The summed E-state index contributed by atoms with van der Waals surface area (Å²) >= 11 is 1.90. The molecule has 3 N–H and O–H groups in total. The van der Waals surface area contributed by atoms with E-state index in [-0.39, 0.29) is 6.61 Å². The molecule has 0 aromatic heterocycles. The fraction of sp³-hybridized carbons (Fsp3) is 0.875. The molecule has 78 valence electrons. The molecule has 1 amide bonds. The van der Waals surface area contributed by atoms with Crippen LogP contribution >= 0.6 is 11.8 Å². The fourth-order valence-corrected chi connectivity index (χ4v) is 1.31. The van der Waals surface area contributed by atoms with Gasteiger partial charge in [-0.1, -0.05) is 6.92 Å². The second-order valence-corrected chi connectivity index (χ2v) is 3.86. The van der Waals surface area contributed by atoms with E-state index in [0.29, 0.717) is 6.61 Å². The monoisotopic (exact) mass is 206 g/mol. The molecule has 0 unspecified atom stereocenters. The van der Waals surface area contributed by atoms with E-state index in [4.69, 9.17) is 10.5 Å². The Balaban J connectivity index is 2.87. The van der Waals surface area contributed by atoms with Gasteiger partial charge in [-0.3, -0.25) is 4.79 Å². The molecule has 0 saturated heterocycles. The van der Waals surface area contributed by atoms with Crippen LogP contribution in [0, 0.1) is 0 Å². The largest absolute Gasteiger partial charge is 0.370 e. The van der Waals surface area contributed by atoms with Crippen molar-refractivity contribution in [1.82, 2.24) is 5.32 Å². The SMILES string of the molecule is CCSCCNCCOCC(N)=O. The van der Waals surface area contributed by atoms with Crippen LogP contribution in [0.5, 0.6) is 0 Å². The van der Waals surface area contributed by atoms with Crippen LogP contribution in [0.15, 0.2) is 0 Å². The molecule has 0 bridgehead atoms. The van der Waals surface area contributed by atoms with Crippen LogP contribution < -0.4 is 11.1 Å². The van der Waals surface area contributed by atoms with Gasteiger partial charge in [-0.2, -0.15) is 11.8 Å². The summed E-state index contributed by atoms with van der Waals surface area (Å²) in [5.41, 5.74) is 4.89. The third-order valence-corrected chi connectivity index (χ3v) is 2.20. The average molecular weight is 206 g/mol. The lowest BCUT2D eigenvalue weighted by atomic mass is 10.6. The minimum atomic E-state index is -0.415. The Morgan fingerprint density at radius 3 is 2.92 bits per heavy atom. The van der Waals surface area contributed by atoms with Crippen LogP contribution in [0.2, 0.25) is 0 Å². The smallest absolute Gasteiger partial charge is 0.243 e.